The molecule has 1 N–H and O–H groups in total. The predicted octanol–water partition coefficient (Wildman–Crippen LogP) is 2.02. The molecule has 98 valence electrons. The second-order valence-corrected chi connectivity index (χ2v) is 6.80. The van der Waals surface area contributed by atoms with Crippen LogP contribution < -0.4 is 5.32 Å². The molecule has 2 aliphatic heterocycles. The third kappa shape index (κ3) is 2.82. The van der Waals surface area contributed by atoms with E-state index in [4.69, 9.17) is 0 Å². The number of hydrogen-bond acceptors (Lipinski definition) is 2. The summed E-state index contributed by atoms with van der Waals surface area (Å²) < 4.78 is 0. The summed E-state index contributed by atoms with van der Waals surface area (Å²) in [5.74, 6) is 0.450. The van der Waals surface area contributed by atoms with Crippen molar-refractivity contribution in [2.75, 3.05) is 13.1 Å². The molecular weight excluding hydrogens is 212 g/mol. The van der Waals surface area contributed by atoms with Crippen molar-refractivity contribution in [3.05, 3.63) is 0 Å². The fourth-order valence-corrected chi connectivity index (χ4v) is 2.79. The van der Waals surface area contributed by atoms with Crippen LogP contribution in [0.1, 0.15) is 47.0 Å². The maximum atomic E-state index is 12.5. The third-order valence-electron chi connectivity index (χ3n) is 4.50. The van der Waals surface area contributed by atoms with Gasteiger partial charge < -0.3 is 10.2 Å². The molecule has 2 bridgehead atoms. The summed E-state index contributed by atoms with van der Waals surface area (Å²) in [6.45, 7) is 10.4. The quantitative estimate of drug-likeness (QED) is 0.758. The lowest BCUT2D eigenvalue weighted by molar-refractivity contribution is -0.138. The van der Waals surface area contributed by atoms with E-state index in [1.165, 1.54) is 12.8 Å². The van der Waals surface area contributed by atoms with Crippen LogP contribution in [0.5, 0.6) is 0 Å². The molecule has 0 aromatic heterocycles. The number of nitrogens with one attached hydrogen (secondary N) is 1. The van der Waals surface area contributed by atoms with Crippen LogP contribution in [-0.2, 0) is 4.79 Å². The Balaban J connectivity index is 2.00. The molecule has 2 fully saturated rings. The van der Waals surface area contributed by atoms with Gasteiger partial charge in [0.15, 0.2) is 0 Å². The van der Waals surface area contributed by atoms with Gasteiger partial charge in [-0.2, -0.15) is 0 Å². The largest absolute Gasteiger partial charge is 0.341 e. The number of rotatable bonds is 1. The van der Waals surface area contributed by atoms with Crippen LogP contribution in [0.15, 0.2) is 0 Å². The molecule has 0 aromatic rings. The molecule has 0 radical (unpaired) electrons. The van der Waals surface area contributed by atoms with E-state index in [-0.39, 0.29) is 11.3 Å². The van der Waals surface area contributed by atoms with Gasteiger partial charge in [0.25, 0.3) is 0 Å². The molecule has 3 heteroatoms. The molecule has 0 aliphatic carbocycles. The molecule has 0 saturated carbocycles. The van der Waals surface area contributed by atoms with Gasteiger partial charge in [0.05, 0.1) is 0 Å². The molecule has 3 unspecified atom stereocenters. The summed E-state index contributed by atoms with van der Waals surface area (Å²) in [6.07, 6.45) is 3.65. The minimum absolute atomic E-state index is 0.0653. The molecule has 2 heterocycles. The topological polar surface area (TPSA) is 32.3 Å². The number of amides is 1. The summed E-state index contributed by atoms with van der Waals surface area (Å²) in [6, 6.07) is 1.20. The van der Waals surface area contributed by atoms with Crippen LogP contribution in [0.4, 0.5) is 0 Å². The van der Waals surface area contributed by atoms with Crippen molar-refractivity contribution in [3.8, 4) is 0 Å². The van der Waals surface area contributed by atoms with Crippen molar-refractivity contribution >= 4 is 5.91 Å². The van der Waals surface area contributed by atoms with Gasteiger partial charge in [0.1, 0.15) is 0 Å². The molecular formula is C14H26N2O. The Morgan fingerprint density at radius 2 is 1.88 bits per heavy atom. The van der Waals surface area contributed by atoms with Gasteiger partial charge in [-0.05, 0) is 24.7 Å². The monoisotopic (exact) mass is 238 g/mol. The zero-order valence-electron chi connectivity index (χ0n) is 11.6. The van der Waals surface area contributed by atoms with Crippen LogP contribution in [-0.4, -0.2) is 36.0 Å². The van der Waals surface area contributed by atoms with Gasteiger partial charge in [-0.25, -0.2) is 0 Å². The van der Waals surface area contributed by atoms with Crippen LogP contribution in [0.25, 0.3) is 0 Å². The van der Waals surface area contributed by atoms with Gasteiger partial charge in [0.2, 0.25) is 5.91 Å². The lowest BCUT2D eigenvalue weighted by Crippen LogP contribution is -2.44. The Morgan fingerprint density at radius 3 is 2.53 bits per heavy atom. The Bertz CT molecular complexity index is 295. The summed E-state index contributed by atoms with van der Waals surface area (Å²) in [4.78, 5) is 14.6. The fraction of sp³-hybridized carbons (Fsp3) is 0.929. The van der Waals surface area contributed by atoms with Crippen molar-refractivity contribution in [2.24, 2.45) is 11.3 Å². The highest BCUT2D eigenvalue weighted by Gasteiger charge is 2.35. The van der Waals surface area contributed by atoms with Crippen molar-refractivity contribution in [2.45, 2.75) is 59.0 Å². The molecule has 2 rings (SSSR count). The number of nitrogens with zero attached hydrogens (tertiary/aromatic N) is 1. The fourth-order valence-electron chi connectivity index (χ4n) is 2.79. The summed E-state index contributed by atoms with van der Waals surface area (Å²) in [7, 11) is 0. The molecule has 2 aliphatic rings. The zero-order valence-corrected chi connectivity index (χ0v) is 11.6. The first-order chi connectivity index (χ1) is 7.88. The van der Waals surface area contributed by atoms with Gasteiger partial charge in [-0.3, -0.25) is 4.79 Å². The Hall–Kier alpha value is -0.570. The first kappa shape index (κ1) is 12.9. The van der Waals surface area contributed by atoms with E-state index in [9.17, 15) is 4.79 Å². The van der Waals surface area contributed by atoms with Crippen molar-refractivity contribution in [3.63, 3.8) is 0 Å². The lowest BCUT2D eigenvalue weighted by Gasteiger charge is -2.33. The van der Waals surface area contributed by atoms with E-state index >= 15 is 0 Å². The van der Waals surface area contributed by atoms with Crippen LogP contribution in [0.3, 0.4) is 0 Å². The predicted molar refractivity (Wildman–Crippen MR) is 69.8 cm³/mol. The van der Waals surface area contributed by atoms with E-state index in [0.29, 0.717) is 18.0 Å². The van der Waals surface area contributed by atoms with Crippen LogP contribution in [0, 0.1) is 11.3 Å². The molecule has 0 aromatic carbocycles. The average Bonchev–Trinajstić information content (AvgIpc) is 2.55. The Morgan fingerprint density at radius 1 is 1.24 bits per heavy atom. The smallest absolute Gasteiger partial charge is 0.225 e. The minimum atomic E-state index is 0.0653. The maximum absolute atomic E-state index is 12.5. The highest BCUT2D eigenvalue weighted by molar-refractivity contribution is 5.79. The first-order valence-corrected chi connectivity index (χ1v) is 6.93. The van der Waals surface area contributed by atoms with Gasteiger partial charge >= 0.3 is 0 Å². The Labute approximate surface area is 105 Å². The highest BCUT2D eigenvalue weighted by atomic mass is 16.2. The number of carbonyl (C=O) groups is 1. The molecule has 3 atom stereocenters. The summed E-state index contributed by atoms with van der Waals surface area (Å²) in [5.41, 5.74) is 0.0653. The molecule has 2 saturated heterocycles. The number of hydrogen-bond donors (Lipinski definition) is 1. The van der Waals surface area contributed by atoms with E-state index < -0.39 is 0 Å². The average molecular weight is 238 g/mol. The molecule has 17 heavy (non-hydrogen) atoms. The number of fused-ring (bicyclic) bond motifs is 2. The number of carbonyl (C=O) groups excluding carboxylic acids is 1. The van der Waals surface area contributed by atoms with E-state index in [2.05, 4.69) is 37.9 Å². The van der Waals surface area contributed by atoms with Gasteiger partial charge in [-0.1, -0.05) is 27.7 Å². The molecule has 3 nitrogen and oxygen atoms in total. The highest BCUT2D eigenvalue weighted by Crippen LogP contribution is 2.29. The third-order valence-corrected chi connectivity index (χ3v) is 4.50. The first-order valence-electron chi connectivity index (χ1n) is 6.93. The zero-order chi connectivity index (χ0) is 12.6. The van der Waals surface area contributed by atoms with E-state index in [1.54, 1.807) is 0 Å². The van der Waals surface area contributed by atoms with Crippen molar-refractivity contribution in [1.29, 1.82) is 0 Å². The number of likely N-dealkylation sites (tertiary alicyclic amines) is 1. The minimum Gasteiger partial charge on any atom is -0.341 e. The van der Waals surface area contributed by atoms with Gasteiger partial charge in [0, 0.05) is 31.1 Å². The van der Waals surface area contributed by atoms with Gasteiger partial charge in [-0.15, -0.1) is 0 Å². The normalized spacial score (nSPS) is 31.2. The van der Waals surface area contributed by atoms with Crippen molar-refractivity contribution in [1.82, 2.24) is 10.2 Å². The summed E-state index contributed by atoms with van der Waals surface area (Å²) >= 11 is 0. The maximum Gasteiger partial charge on any atom is 0.225 e. The molecule has 0 spiro atoms. The molecule has 1 amide bonds. The van der Waals surface area contributed by atoms with E-state index in [1.807, 2.05) is 0 Å². The van der Waals surface area contributed by atoms with Crippen LogP contribution in [0.2, 0.25) is 0 Å². The SMILES string of the molecule is CC(C(=O)N1CCC2CCC(C1)N2)C(C)(C)C. The second kappa shape index (κ2) is 4.60. The summed E-state index contributed by atoms with van der Waals surface area (Å²) in [5, 5.41) is 3.62. The Kier molecular flexibility index (Phi) is 3.48. The van der Waals surface area contributed by atoms with Crippen molar-refractivity contribution < 1.29 is 4.79 Å². The van der Waals surface area contributed by atoms with E-state index in [0.717, 1.165) is 19.5 Å². The lowest BCUT2D eigenvalue weighted by atomic mass is 9.81. The van der Waals surface area contributed by atoms with Crippen LogP contribution >= 0.6 is 0 Å². The standard InChI is InChI=1S/C14H26N2O/c1-10(14(2,3)4)13(17)16-8-7-11-5-6-12(9-16)15-11/h10-12,15H,5-9H2,1-4H3. The second-order valence-electron chi connectivity index (χ2n) is 6.80.